The van der Waals surface area contributed by atoms with E-state index >= 15 is 0 Å². The maximum absolute atomic E-state index is 4.34. The van der Waals surface area contributed by atoms with Crippen LogP contribution < -0.4 is 5.32 Å². The van der Waals surface area contributed by atoms with Gasteiger partial charge >= 0.3 is 0 Å². The van der Waals surface area contributed by atoms with E-state index in [1.807, 2.05) is 18.3 Å². The summed E-state index contributed by atoms with van der Waals surface area (Å²) >= 11 is 3.53. The molecule has 0 radical (unpaired) electrons. The molecule has 0 aliphatic rings. The number of hydrogen-bond donors (Lipinski definition) is 1. The third kappa shape index (κ3) is 4.44. The zero-order chi connectivity index (χ0) is 13.5. The Morgan fingerprint density at radius 3 is 2.79 bits per heavy atom. The van der Waals surface area contributed by atoms with Crippen molar-refractivity contribution in [2.45, 2.75) is 25.8 Å². The topological polar surface area (TPSA) is 24.9 Å². The van der Waals surface area contributed by atoms with Crippen molar-refractivity contribution in [1.82, 2.24) is 10.3 Å². The molecule has 1 atom stereocenters. The van der Waals surface area contributed by atoms with Gasteiger partial charge < -0.3 is 5.32 Å². The lowest BCUT2D eigenvalue weighted by molar-refractivity contribution is 0.520. The molecule has 100 valence electrons. The van der Waals surface area contributed by atoms with Crippen molar-refractivity contribution in [2.24, 2.45) is 0 Å². The van der Waals surface area contributed by atoms with Crippen molar-refractivity contribution < 1.29 is 0 Å². The number of rotatable bonds is 6. The van der Waals surface area contributed by atoms with Gasteiger partial charge in [0.2, 0.25) is 0 Å². The number of nitrogens with zero attached hydrogens (tertiary/aromatic N) is 1. The Balaban J connectivity index is 1.89. The molecule has 0 bridgehead atoms. The van der Waals surface area contributed by atoms with Crippen LogP contribution in [0.3, 0.4) is 0 Å². The lowest BCUT2D eigenvalue weighted by atomic mass is 10.0. The van der Waals surface area contributed by atoms with Gasteiger partial charge in [0.25, 0.3) is 0 Å². The lowest BCUT2D eigenvalue weighted by Gasteiger charge is -2.17. The number of halogens is 1. The predicted octanol–water partition coefficient (Wildman–Crippen LogP) is 4.13. The molecule has 0 saturated heterocycles. The van der Waals surface area contributed by atoms with Crippen molar-refractivity contribution >= 4 is 15.9 Å². The largest absolute Gasteiger partial charge is 0.310 e. The summed E-state index contributed by atoms with van der Waals surface area (Å²) in [4.78, 5) is 4.34. The second-order valence-corrected chi connectivity index (χ2v) is 5.46. The maximum Gasteiger partial charge on any atom is 0.0416 e. The fourth-order valence-corrected chi connectivity index (χ4v) is 2.56. The van der Waals surface area contributed by atoms with E-state index in [-0.39, 0.29) is 0 Å². The smallest absolute Gasteiger partial charge is 0.0416 e. The van der Waals surface area contributed by atoms with Crippen LogP contribution in [0.15, 0.2) is 53.1 Å². The summed E-state index contributed by atoms with van der Waals surface area (Å²) in [6, 6.07) is 15.0. The van der Waals surface area contributed by atoms with E-state index in [0.29, 0.717) is 6.04 Å². The van der Waals surface area contributed by atoms with Gasteiger partial charge in [0.15, 0.2) is 0 Å². The first-order chi connectivity index (χ1) is 9.29. The summed E-state index contributed by atoms with van der Waals surface area (Å²) in [7, 11) is 0. The monoisotopic (exact) mass is 318 g/mol. The van der Waals surface area contributed by atoms with Gasteiger partial charge in [-0.05, 0) is 36.2 Å². The maximum atomic E-state index is 4.34. The average Bonchev–Trinajstić information content (AvgIpc) is 2.45. The molecule has 0 saturated carbocycles. The number of hydrogen-bond acceptors (Lipinski definition) is 2. The first-order valence-electron chi connectivity index (χ1n) is 6.68. The first kappa shape index (κ1) is 14.2. The molecule has 1 unspecified atom stereocenters. The highest BCUT2D eigenvalue weighted by molar-refractivity contribution is 9.10. The SMILES string of the molecule is CCC(NCCc1ccccn1)c1cccc(Br)c1. The number of benzene rings is 1. The summed E-state index contributed by atoms with van der Waals surface area (Å²) in [5.41, 5.74) is 2.47. The zero-order valence-corrected chi connectivity index (χ0v) is 12.7. The number of nitrogens with one attached hydrogen (secondary N) is 1. The van der Waals surface area contributed by atoms with Crippen LogP contribution in [0.4, 0.5) is 0 Å². The van der Waals surface area contributed by atoms with Gasteiger partial charge in [0.1, 0.15) is 0 Å². The standard InChI is InChI=1S/C16H19BrN2/c1-2-16(13-6-5-7-14(17)12-13)19-11-9-15-8-3-4-10-18-15/h3-8,10,12,16,19H,2,9,11H2,1H3. The van der Waals surface area contributed by atoms with Crippen LogP contribution in [0.2, 0.25) is 0 Å². The molecule has 0 amide bonds. The average molecular weight is 319 g/mol. The Hall–Kier alpha value is -1.19. The van der Waals surface area contributed by atoms with E-state index in [1.165, 1.54) is 5.56 Å². The van der Waals surface area contributed by atoms with E-state index in [1.54, 1.807) is 0 Å². The van der Waals surface area contributed by atoms with Crippen LogP contribution in [0.5, 0.6) is 0 Å². The van der Waals surface area contributed by atoms with Crippen LogP contribution in [0.1, 0.15) is 30.6 Å². The van der Waals surface area contributed by atoms with Crippen molar-refractivity contribution in [1.29, 1.82) is 0 Å². The molecular weight excluding hydrogens is 300 g/mol. The van der Waals surface area contributed by atoms with Gasteiger partial charge in [0.05, 0.1) is 0 Å². The minimum Gasteiger partial charge on any atom is -0.310 e. The Labute approximate surface area is 123 Å². The Morgan fingerprint density at radius 2 is 2.11 bits per heavy atom. The number of aromatic nitrogens is 1. The molecular formula is C16H19BrN2. The molecule has 0 aliphatic carbocycles. The van der Waals surface area contributed by atoms with Crippen LogP contribution in [0, 0.1) is 0 Å². The van der Waals surface area contributed by atoms with E-state index in [4.69, 9.17) is 0 Å². The van der Waals surface area contributed by atoms with Gasteiger partial charge in [-0.1, -0.05) is 41.1 Å². The van der Waals surface area contributed by atoms with Crippen LogP contribution in [0.25, 0.3) is 0 Å². The highest BCUT2D eigenvalue weighted by Gasteiger charge is 2.08. The van der Waals surface area contributed by atoms with Crippen LogP contribution >= 0.6 is 15.9 Å². The highest BCUT2D eigenvalue weighted by Crippen LogP contribution is 2.20. The normalized spacial score (nSPS) is 12.3. The Bertz CT molecular complexity index is 499. The molecule has 2 nitrogen and oxygen atoms in total. The fourth-order valence-electron chi connectivity index (χ4n) is 2.14. The quantitative estimate of drug-likeness (QED) is 0.866. The van der Waals surface area contributed by atoms with Crippen molar-refractivity contribution in [3.05, 3.63) is 64.4 Å². The highest BCUT2D eigenvalue weighted by atomic mass is 79.9. The summed E-state index contributed by atoms with van der Waals surface area (Å²) < 4.78 is 1.13. The summed E-state index contributed by atoms with van der Waals surface area (Å²) in [6.07, 6.45) is 3.89. The summed E-state index contributed by atoms with van der Waals surface area (Å²) in [6.45, 7) is 3.15. The molecule has 1 aromatic heterocycles. The minimum absolute atomic E-state index is 0.404. The van der Waals surface area contributed by atoms with E-state index in [2.05, 4.69) is 63.5 Å². The van der Waals surface area contributed by atoms with Crippen molar-refractivity contribution in [2.75, 3.05) is 6.54 Å². The van der Waals surface area contributed by atoms with Crippen LogP contribution in [-0.2, 0) is 6.42 Å². The summed E-state index contributed by atoms with van der Waals surface area (Å²) in [5.74, 6) is 0. The lowest BCUT2D eigenvalue weighted by Crippen LogP contribution is -2.23. The molecule has 2 aromatic rings. The minimum atomic E-state index is 0.404. The zero-order valence-electron chi connectivity index (χ0n) is 11.1. The molecule has 3 heteroatoms. The molecule has 1 N–H and O–H groups in total. The molecule has 2 rings (SSSR count). The molecule has 0 fully saturated rings. The fraction of sp³-hybridized carbons (Fsp3) is 0.312. The molecule has 1 aromatic carbocycles. The van der Waals surface area contributed by atoms with Gasteiger partial charge in [-0.25, -0.2) is 0 Å². The molecule has 19 heavy (non-hydrogen) atoms. The predicted molar refractivity (Wildman–Crippen MR) is 83.1 cm³/mol. The van der Waals surface area contributed by atoms with Gasteiger partial charge in [-0.2, -0.15) is 0 Å². The van der Waals surface area contributed by atoms with E-state index in [9.17, 15) is 0 Å². The van der Waals surface area contributed by atoms with Gasteiger partial charge in [-0.3, -0.25) is 4.98 Å². The number of pyridine rings is 1. The molecule has 0 aliphatic heterocycles. The van der Waals surface area contributed by atoms with E-state index in [0.717, 1.165) is 29.6 Å². The third-order valence-corrected chi connectivity index (χ3v) is 3.65. The second-order valence-electron chi connectivity index (χ2n) is 4.54. The van der Waals surface area contributed by atoms with Crippen LogP contribution in [-0.4, -0.2) is 11.5 Å². The van der Waals surface area contributed by atoms with E-state index < -0.39 is 0 Å². The third-order valence-electron chi connectivity index (χ3n) is 3.16. The van der Waals surface area contributed by atoms with Crippen molar-refractivity contribution in [3.63, 3.8) is 0 Å². The second kappa shape index (κ2) is 7.41. The first-order valence-corrected chi connectivity index (χ1v) is 7.47. The molecule has 0 spiro atoms. The van der Waals surface area contributed by atoms with Gasteiger partial charge in [0, 0.05) is 35.4 Å². The Morgan fingerprint density at radius 1 is 1.21 bits per heavy atom. The molecule has 1 heterocycles. The Kier molecular flexibility index (Phi) is 5.55. The van der Waals surface area contributed by atoms with Crippen molar-refractivity contribution in [3.8, 4) is 0 Å². The van der Waals surface area contributed by atoms with Gasteiger partial charge in [-0.15, -0.1) is 0 Å². The summed E-state index contributed by atoms with van der Waals surface area (Å²) in [5, 5.41) is 3.60.